The van der Waals surface area contributed by atoms with Gasteiger partial charge in [0.05, 0.1) is 36.1 Å². The Kier molecular flexibility index (Phi) is 6.72. The Morgan fingerprint density at radius 2 is 0.932 bits per heavy atom. The highest BCUT2D eigenvalue weighted by Crippen LogP contribution is 2.69. The number of rotatable bonds is 6. The van der Waals surface area contributed by atoms with Crippen LogP contribution in [0.15, 0.2) is 109 Å². The van der Waals surface area contributed by atoms with Gasteiger partial charge in [-0.2, -0.15) is 0 Å². The molecular weight excluding hydrogens is 556 g/mol. The quantitative estimate of drug-likeness (QED) is 0.258. The predicted molar refractivity (Wildman–Crippen MR) is 163 cm³/mol. The molecule has 1 saturated carbocycles. The molecule has 1 fully saturated rings. The van der Waals surface area contributed by atoms with Gasteiger partial charge in [0.1, 0.15) is 11.5 Å². The minimum atomic E-state index is -2.02. The molecule has 224 valence electrons. The minimum absolute atomic E-state index is 0.275. The van der Waals surface area contributed by atoms with Crippen molar-refractivity contribution in [3.8, 4) is 11.5 Å². The average Bonchev–Trinajstić information content (AvgIpc) is 3.05. The Labute approximate surface area is 255 Å². The summed E-state index contributed by atoms with van der Waals surface area (Å²) in [4.78, 5) is 29.5. The van der Waals surface area contributed by atoms with Gasteiger partial charge in [-0.05, 0) is 37.1 Å². The highest BCUT2D eigenvalue weighted by Gasteiger charge is 2.88. The summed E-state index contributed by atoms with van der Waals surface area (Å²) in [6, 6.07) is 31.8. The van der Waals surface area contributed by atoms with E-state index in [0.717, 1.165) is 11.1 Å². The van der Waals surface area contributed by atoms with Crippen LogP contribution < -0.4 is 20.1 Å². The first-order chi connectivity index (χ1) is 21.3. The zero-order valence-electron chi connectivity index (χ0n) is 24.4. The molecule has 8 heteroatoms. The second kappa shape index (κ2) is 10.5. The summed E-state index contributed by atoms with van der Waals surface area (Å²) in [5.41, 5.74) is -1.38. The molecule has 0 spiro atoms. The molecular formula is C36H34N2O6. The summed E-state index contributed by atoms with van der Waals surface area (Å²) in [5.74, 6) is -2.70. The third-order valence-electron chi connectivity index (χ3n) is 9.54. The topological polar surface area (TPSA) is 117 Å². The van der Waals surface area contributed by atoms with Crippen molar-refractivity contribution in [2.75, 3.05) is 0 Å². The van der Waals surface area contributed by atoms with Crippen molar-refractivity contribution < 1.29 is 29.3 Å². The normalized spacial score (nSPS) is 29.0. The molecule has 3 aliphatic rings. The maximum Gasteiger partial charge on any atom is 0.269 e. The summed E-state index contributed by atoms with van der Waals surface area (Å²) < 4.78 is 13.3. The van der Waals surface area contributed by atoms with Crippen molar-refractivity contribution in [1.82, 2.24) is 10.6 Å². The molecule has 0 aromatic heterocycles. The number of benzene rings is 4. The summed E-state index contributed by atoms with van der Waals surface area (Å²) in [6.07, 6.45) is -2.45. The number of ether oxygens (including phenoxy) is 2. The Hall–Kier alpha value is -4.66. The van der Waals surface area contributed by atoms with Crippen LogP contribution >= 0.6 is 0 Å². The molecule has 8 nitrogen and oxygen atoms in total. The number of hydrogen-bond donors (Lipinski definition) is 4. The number of nitrogens with one attached hydrogen (secondary N) is 2. The minimum Gasteiger partial charge on any atom is -0.472 e. The standard InChI is InChI=1S/C36H34N2O6/c1-21(23-13-5-3-6-14-23)37-33(41)35-29(31(39)25-17-9-11-19-27(25)43-35)30-32(40)26-18-10-12-20-28(26)44-36(30,35)34(42)38-22(2)24-15-7-4-8-16-24/h3-22,29-32,39-40H,1-2H3,(H,37,41)(H,38,42)/t21-,22-,29-,30-,31-,32-,35-,36-/m0/s1. The zero-order chi connectivity index (χ0) is 30.6. The van der Waals surface area contributed by atoms with Gasteiger partial charge in [0.25, 0.3) is 11.8 Å². The molecule has 2 amide bonds. The number of hydrogen-bond acceptors (Lipinski definition) is 6. The van der Waals surface area contributed by atoms with Gasteiger partial charge in [0, 0.05) is 11.1 Å². The van der Waals surface area contributed by atoms with E-state index in [9.17, 15) is 19.8 Å². The van der Waals surface area contributed by atoms with Crippen LogP contribution in [-0.4, -0.2) is 33.2 Å². The first-order valence-corrected chi connectivity index (χ1v) is 14.9. The van der Waals surface area contributed by atoms with E-state index >= 15 is 0 Å². The van der Waals surface area contributed by atoms with Crippen LogP contribution in [0.5, 0.6) is 11.5 Å². The van der Waals surface area contributed by atoms with Gasteiger partial charge >= 0.3 is 0 Å². The van der Waals surface area contributed by atoms with E-state index in [1.165, 1.54) is 0 Å². The van der Waals surface area contributed by atoms with Crippen molar-refractivity contribution in [3.05, 3.63) is 131 Å². The van der Waals surface area contributed by atoms with Crippen LogP contribution in [0.3, 0.4) is 0 Å². The van der Waals surface area contributed by atoms with Gasteiger partial charge < -0.3 is 30.3 Å². The first kappa shape index (κ1) is 28.1. The monoisotopic (exact) mass is 590 g/mol. The van der Waals surface area contributed by atoms with E-state index in [4.69, 9.17) is 9.47 Å². The molecule has 7 rings (SSSR count). The summed E-state index contributed by atoms with van der Waals surface area (Å²) in [5, 5.41) is 30.0. The van der Waals surface area contributed by atoms with Crippen LogP contribution in [0.4, 0.5) is 0 Å². The summed E-state index contributed by atoms with van der Waals surface area (Å²) >= 11 is 0. The van der Waals surface area contributed by atoms with Crippen molar-refractivity contribution in [2.24, 2.45) is 11.8 Å². The lowest BCUT2D eigenvalue weighted by atomic mass is 9.43. The molecule has 4 aromatic carbocycles. The highest BCUT2D eigenvalue weighted by molar-refractivity contribution is 6.02. The van der Waals surface area contributed by atoms with E-state index in [1.807, 2.05) is 74.5 Å². The van der Waals surface area contributed by atoms with Gasteiger partial charge in [-0.25, -0.2) is 0 Å². The molecule has 4 N–H and O–H groups in total. The smallest absolute Gasteiger partial charge is 0.269 e. The fraction of sp³-hybridized carbons (Fsp3) is 0.278. The number of carbonyl (C=O) groups is 2. The van der Waals surface area contributed by atoms with Crippen molar-refractivity contribution in [2.45, 2.75) is 49.3 Å². The summed E-state index contributed by atoms with van der Waals surface area (Å²) in [6.45, 7) is 3.69. The lowest BCUT2D eigenvalue weighted by Crippen LogP contribution is -2.91. The molecule has 0 saturated heterocycles. The first-order valence-electron chi connectivity index (χ1n) is 14.9. The van der Waals surface area contributed by atoms with Crippen LogP contribution in [0.25, 0.3) is 0 Å². The number of fused-ring (bicyclic) bond motifs is 6. The molecule has 4 aromatic rings. The van der Waals surface area contributed by atoms with E-state index in [-0.39, 0.29) is 11.5 Å². The number of amides is 2. The van der Waals surface area contributed by atoms with Gasteiger partial charge in [0.15, 0.2) is 0 Å². The molecule has 2 aliphatic heterocycles. The number of carbonyl (C=O) groups excluding carboxylic acids is 2. The van der Waals surface area contributed by atoms with E-state index in [2.05, 4.69) is 10.6 Å². The number of aliphatic hydroxyl groups is 2. The molecule has 0 radical (unpaired) electrons. The zero-order valence-corrected chi connectivity index (χ0v) is 24.4. The Balaban J connectivity index is 1.40. The van der Waals surface area contributed by atoms with E-state index in [0.29, 0.717) is 11.1 Å². The number of aliphatic hydroxyl groups excluding tert-OH is 2. The van der Waals surface area contributed by atoms with Crippen molar-refractivity contribution >= 4 is 11.8 Å². The van der Waals surface area contributed by atoms with Gasteiger partial charge in [-0.1, -0.05) is 97.1 Å². The molecule has 0 bridgehead atoms. The van der Waals surface area contributed by atoms with Gasteiger partial charge in [-0.15, -0.1) is 0 Å². The van der Waals surface area contributed by atoms with Crippen LogP contribution in [0, 0.1) is 11.8 Å². The molecule has 2 heterocycles. The fourth-order valence-corrected chi connectivity index (χ4v) is 7.39. The third kappa shape index (κ3) is 3.91. The Morgan fingerprint density at radius 1 is 0.591 bits per heavy atom. The molecule has 44 heavy (non-hydrogen) atoms. The van der Waals surface area contributed by atoms with Crippen LogP contribution in [0.1, 0.15) is 60.4 Å². The average molecular weight is 591 g/mol. The Bertz CT molecular complexity index is 1590. The second-order valence-corrected chi connectivity index (χ2v) is 11.9. The number of para-hydroxylation sites is 2. The third-order valence-corrected chi connectivity index (χ3v) is 9.54. The van der Waals surface area contributed by atoms with E-state index in [1.54, 1.807) is 48.5 Å². The molecule has 8 atom stereocenters. The van der Waals surface area contributed by atoms with Crippen molar-refractivity contribution in [3.63, 3.8) is 0 Å². The van der Waals surface area contributed by atoms with Gasteiger partial charge in [-0.3, -0.25) is 9.59 Å². The largest absolute Gasteiger partial charge is 0.472 e. The Morgan fingerprint density at radius 3 is 1.32 bits per heavy atom. The maximum atomic E-state index is 14.8. The predicted octanol–water partition coefficient (Wildman–Crippen LogP) is 4.72. The maximum absolute atomic E-state index is 14.8. The van der Waals surface area contributed by atoms with Crippen LogP contribution in [0.2, 0.25) is 0 Å². The lowest BCUT2D eigenvalue weighted by molar-refractivity contribution is -0.308. The van der Waals surface area contributed by atoms with Crippen LogP contribution in [-0.2, 0) is 9.59 Å². The van der Waals surface area contributed by atoms with Crippen molar-refractivity contribution in [1.29, 1.82) is 0 Å². The lowest BCUT2D eigenvalue weighted by Gasteiger charge is -2.69. The molecule has 1 aliphatic carbocycles. The summed E-state index contributed by atoms with van der Waals surface area (Å²) in [7, 11) is 0. The van der Waals surface area contributed by atoms with E-state index < -0.39 is 59.1 Å². The fourth-order valence-electron chi connectivity index (χ4n) is 7.39. The highest BCUT2D eigenvalue weighted by atomic mass is 16.6. The SMILES string of the molecule is C[C@H](NC(=O)[C@@]12Oc3ccccc3[C@H](O)[C@@H]1[C@H]1[C@@H](O)c3ccccc3O[C@]12C(=O)N[C@@H](C)c1ccccc1)c1ccccc1. The van der Waals surface area contributed by atoms with Gasteiger partial charge in [0.2, 0.25) is 11.2 Å². The second-order valence-electron chi connectivity index (χ2n) is 11.9. The molecule has 0 unspecified atom stereocenters.